The maximum Gasteiger partial charge on any atom is 0.341 e. The fourth-order valence-electron chi connectivity index (χ4n) is 3.03. The van der Waals surface area contributed by atoms with Crippen molar-refractivity contribution in [2.75, 3.05) is 20.3 Å². The zero-order chi connectivity index (χ0) is 21.3. The Morgan fingerprint density at radius 1 is 0.900 bits per heavy atom. The Bertz CT molecular complexity index is 1050. The van der Waals surface area contributed by atoms with Crippen molar-refractivity contribution in [1.82, 2.24) is 0 Å². The molecule has 0 unspecified atom stereocenters. The van der Waals surface area contributed by atoms with Gasteiger partial charge in [0.25, 0.3) is 0 Å². The summed E-state index contributed by atoms with van der Waals surface area (Å²) in [5.74, 6) is -0.471. The van der Waals surface area contributed by atoms with Crippen LogP contribution in [0.15, 0.2) is 72.3 Å². The Balaban J connectivity index is 2.00. The number of ketones is 1. The standard InChI is InChI=1S/C25H24O5/c1-18(26)22(25(27)29-15-14-28-2)16-23-21-11-7-6-10-20(21)12-13-24(23)30-17-19-8-4-3-5-9-19/h3-13,16H,14-15,17H2,1-2H3/b22-16-. The smallest absolute Gasteiger partial charge is 0.341 e. The summed E-state index contributed by atoms with van der Waals surface area (Å²) >= 11 is 0. The highest BCUT2D eigenvalue weighted by atomic mass is 16.6. The van der Waals surface area contributed by atoms with Crippen molar-refractivity contribution in [2.24, 2.45) is 0 Å². The second kappa shape index (κ2) is 10.4. The number of benzene rings is 3. The topological polar surface area (TPSA) is 61.8 Å². The van der Waals surface area contributed by atoms with Crippen LogP contribution in [0.2, 0.25) is 0 Å². The number of methoxy groups -OCH3 is 1. The second-order valence-electron chi connectivity index (χ2n) is 6.72. The van der Waals surface area contributed by atoms with Gasteiger partial charge in [-0.15, -0.1) is 0 Å². The van der Waals surface area contributed by atoms with Crippen molar-refractivity contribution in [3.63, 3.8) is 0 Å². The molecule has 3 aromatic rings. The molecule has 30 heavy (non-hydrogen) atoms. The molecule has 0 bridgehead atoms. The molecule has 0 N–H and O–H groups in total. The van der Waals surface area contributed by atoms with Crippen molar-refractivity contribution in [3.05, 3.63) is 83.4 Å². The van der Waals surface area contributed by atoms with Crippen LogP contribution in [0.4, 0.5) is 0 Å². The molecule has 154 valence electrons. The predicted molar refractivity (Wildman–Crippen MR) is 116 cm³/mol. The molecule has 3 rings (SSSR count). The maximum absolute atomic E-state index is 12.5. The summed E-state index contributed by atoms with van der Waals surface area (Å²) in [5, 5.41) is 1.86. The van der Waals surface area contributed by atoms with Crippen LogP contribution in [-0.4, -0.2) is 32.1 Å². The van der Waals surface area contributed by atoms with Gasteiger partial charge in [-0.25, -0.2) is 4.79 Å². The van der Waals surface area contributed by atoms with E-state index in [9.17, 15) is 9.59 Å². The molecule has 0 fully saturated rings. The lowest BCUT2D eigenvalue weighted by Crippen LogP contribution is -2.16. The van der Waals surface area contributed by atoms with Gasteiger partial charge in [0.1, 0.15) is 24.5 Å². The van der Waals surface area contributed by atoms with Crippen LogP contribution in [0.25, 0.3) is 16.8 Å². The molecule has 5 heteroatoms. The van der Waals surface area contributed by atoms with E-state index in [2.05, 4.69) is 0 Å². The van der Waals surface area contributed by atoms with Crippen molar-refractivity contribution in [2.45, 2.75) is 13.5 Å². The normalized spacial score (nSPS) is 11.3. The largest absolute Gasteiger partial charge is 0.488 e. The number of rotatable bonds is 9. The molecule has 0 saturated carbocycles. The molecule has 0 spiro atoms. The molecule has 0 aliphatic heterocycles. The van der Waals surface area contributed by atoms with E-state index < -0.39 is 5.97 Å². The van der Waals surface area contributed by atoms with Crippen LogP contribution >= 0.6 is 0 Å². The zero-order valence-electron chi connectivity index (χ0n) is 17.1. The van der Waals surface area contributed by atoms with Crippen LogP contribution in [0.3, 0.4) is 0 Å². The Kier molecular flexibility index (Phi) is 7.35. The van der Waals surface area contributed by atoms with Crippen molar-refractivity contribution in [3.8, 4) is 5.75 Å². The van der Waals surface area contributed by atoms with Crippen LogP contribution in [-0.2, 0) is 25.7 Å². The Labute approximate surface area is 175 Å². The van der Waals surface area contributed by atoms with E-state index in [1.165, 1.54) is 14.0 Å². The molecule has 0 amide bonds. The molecule has 0 aliphatic carbocycles. The number of carbonyl (C=O) groups is 2. The van der Waals surface area contributed by atoms with Crippen LogP contribution < -0.4 is 4.74 Å². The van der Waals surface area contributed by atoms with Crippen LogP contribution in [0.1, 0.15) is 18.1 Å². The van der Waals surface area contributed by atoms with E-state index in [-0.39, 0.29) is 24.6 Å². The van der Waals surface area contributed by atoms with Gasteiger partial charge in [0.05, 0.1) is 6.61 Å². The third-order valence-corrected chi connectivity index (χ3v) is 4.58. The molecule has 0 saturated heterocycles. The van der Waals surface area contributed by atoms with Crippen molar-refractivity contribution >= 4 is 28.6 Å². The maximum atomic E-state index is 12.5. The average Bonchev–Trinajstić information content (AvgIpc) is 2.76. The van der Waals surface area contributed by atoms with E-state index in [0.717, 1.165) is 16.3 Å². The van der Waals surface area contributed by atoms with Gasteiger partial charge >= 0.3 is 5.97 Å². The van der Waals surface area contributed by atoms with Crippen LogP contribution in [0, 0.1) is 0 Å². The molecule has 5 nitrogen and oxygen atoms in total. The summed E-state index contributed by atoms with van der Waals surface area (Å²) in [5.41, 5.74) is 1.65. The summed E-state index contributed by atoms with van der Waals surface area (Å²) < 4.78 is 16.1. The van der Waals surface area contributed by atoms with Gasteiger partial charge in [-0.1, -0.05) is 60.7 Å². The number of carbonyl (C=O) groups excluding carboxylic acids is 2. The molecule has 3 aromatic carbocycles. The quantitative estimate of drug-likeness (QED) is 0.172. The minimum absolute atomic E-state index is 0.0352. The number of Topliss-reactive ketones (excluding diaryl/α,β-unsaturated/α-hetero) is 1. The van der Waals surface area contributed by atoms with Gasteiger partial charge in [-0.2, -0.15) is 0 Å². The molecular formula is C25H24O5. The highest BCUT2D eigenvalue weighted by Gasteiger charge is 2.18. The van der Waals surface area contributed by atoms with Gasteiger partial charge in [0.15, 0.2) is 5.78 Å². The SMILES string of the molecule is COCCOC(=O)/C(=C\c1c(OCc2ccccc2)ccc2ccccc12)C(C)=O. The Morgan fingerprint density at radius 3 is 2.37 bits per heavy atom. The highest BCUT2D eigenvalue weighted by Crippen LogP contribution is 2.31. The van der Waals surface area contributed by atoms with Gasteiger partial charge in [-0.3, -0.25) is 4.79 Å². The summed E-state index contributed by atoms with van der Waals surface area (Å²) in [7, 11) is 1.52. The molecule has 0 aromatic heterocycles. The molecule has 0 atom stereocenters. The van der Waals surface area contributed by atoms with Crippen LogP contribution in [0.5, 0.6) is 5.75 Å². The predicted octanol–water partition coefficient (Wildman–Crippen LogP) is 4.58. The van der Waals surface area contributed by atoms with E-state index in [0.29, 0.717) is 17.9 Å². The number of esters is 1. The fraction of sp³-hybridized carbons (Fsp3) is 0.200. The number of hydrogen-bond donors (Lipinski definition) is 0. The van der Waals surface area contributed by atoms with Gasteiger partial charge in [0.2, 0.25) is 0 Å². The molecule has 0 aliphatic rings. The summed E-state index contributed by atoms with van der Waals surface area (Å²) in [4.78, 5) is 24.7. The lowest BCUT2D eigenvalue weighted by molar-refractivity contribution is -0.141. The second-order valence-corrected chi connectivity index (χ2v) is 6.72. The van der Waals surface area contributed by atoms with Gasteiger partial charge in [0, 0.05) is 12.7 Å². The van der Waals surface area contributed by atoms with Gasteiger partial charge in [-0.05, 0) is 35.4 Å². The van der Waals surface area contributed by atoms with Crippen molar-refractivity contribution in [1.29, 1.82) is 0 Å². The first kappa shape index (κ1) is 21.3. The van der Waals surface area contributed by atoms with E-state index in [1.807, 2.05) is 66.7 Å². The van der Waals surface area contributed by atoms with E-state index >= 15 is 0 Å². The fourth-order valence-corrected chi connectivity index (χ4v) is 3.03. The Morgan fingerprint density at radius 2 is 1.63 bits per heavy atom. The monoisotopic (exact) mass is 404 g/mol. The molecule has 0 heterocycles. The molecule has 0 radical (unpaired) electrons. The number of hydrogen-bond acceptors (Lipinski definition) is 5. The van der Waals surface area contributed by atoms with Gasteiger partial charge < -0.3 is 14.2 Å². The minimum atomic E-state index is -0.679. The average molecular weight is 404 g/mol. The zero-order valence-corrected chi connectivity index (χ0v) is 17.1. The minimum Gasteiger partial charge on any atom is -0.488 e. The first-order chi connectivity index (χ1) is 14.6. The third kappa shape index (κ3) is 5.33. The number of fused-ring (bicyclic) bond motifs is 1. The number of ether oxygens (including phenoxy) is 3. The Hall–Kier alpha value is -3.44. The lowest BCUT2D eigenvalue weighted by atomic mass is 10.00. The summed E-state index contributed by atoms with van der Waals surface area (Å²) in [6.45, 7) is 2.05. The molecular weight excluding hydrogens is 380 g/mol. The first-order valence-corrected chi connectivity index (χ1v) is 9.67. The third-order valence-electron chi connectivity index (χ3n) is 4.58. The first-order valence-electron chi connectivity index (χ1n) is 9.67. The highest BCUT2D eigenvalue weighted by molar-refractivity contribution is 6.20. The summed E-state index contributed by atoms with van der Waals surface area (Å²) in [6, 6.07) is 21.4. The van der Waals surface area contributed by atoms with Crippen molar-refractivity contribution < 1.29 is 23.8 Å². The van der Waals surface area contributed by atoms with E-state index in [1.54, 1.807) is 6.08 Å². The lowest BCUT2D eigenvalue weighted by Gasteiger charge is -2.13. The summed E-state index contributed by atoms with van der Waals surface area (Å²) in [6.07, 6.45) is 1.56. The van der Waals surface area contributed by atoms with E-state index in [4.69, 9.17) is 14.2 Å².